The normalized spacial score (nSPS) is 10.3. The third kappa shape index (κ3) is 4.45. The quantitative estimate of drug-likeness (QED) is 0.835. The second-order valence-corrected chi connectivity index (χ2v) is 5.18. The van der Waals surface area contributed by atoms with Crippen LogP contribution in [0.5, 0.6) is 0 Å². The van der Waals surface area contributed by atoms with Gasteiger partial charge in [0.15, 0.2) is 5.11 Å². The van der Waals surface area contributed by atoms with E-state index in [0.29, 0.717) is 16.7 Å². The van der Waals surface area contributed by atoms with E-state index in [9.17, 15) is 4.39 Å². The zero-order valence-corrected chi connectivity index (χ0v) is 11.6. The van der Waals surface area contributed by atoms with Crippen molar-refractivity contribution in [2.75, 3.05) is 11.9 Å². The second-order valence-electron chi connectivity index (χ2n) is 3.85. The molecule has 0 aliphatic heterocycles. The molecule has 5 heteroatoms. The Balaban J connectivity index is 2.59. The average Bonchev–Trinajstić information content (AvgIpc) is 2.20. The zero-order valence-electron chi connectivity index (χ0n) is 9.18. The van der Waals surface area contributed by atoms with Gasteiger partial charge in [0.25, 0.3) is 0 Å². The van der Waals surface area contributed by atoms with Gasteiger partial charge in [-0.2, -0.15) is 0 Å². The van der Waals surface area contributed by atoms with Crippen molar-refractivity contribution in [3.05, 3.63) is 28.5 Å². The molecule has 16 heavy (non-hydrogen) atoms. The maximum Gasteiger partial charge on any atom is 0.170 e. The molecule has 1 aromatic carbocycles. The molecule has 0 amide bonds. The van der Waals surface area contributed by atoms with E-state index in [1.54, 1.807) is 12.1 Å². The van der Waals surface area contributed by atoms with Gasteiger partial charge in [-0.25, -0.2) is 4.39 Å². The third-order valence-corrected chi connectivity index (χ3v) is 2.59. The van der Waals surface area contributed by atoms with Crippen molar-refractivity contribution in [2.45, 2.75) is 13.8 Å². The topological polar surface area (TPSA) is 24.1 Å². The van der Waals surface area contributed by atoms with Crippen molar-refractivity contribution in [2.24, 2.45) is 5.92 Å². The lowest BCUT2D eigenvalue weighted by atomic mass is 10.2. The highest BCUT2D eigenvalue weighted by molar-refractivity contribution is 9.10. The largest absolute Gasteiger partial charge is 0.362 e. The van der Waals surface area contributed by atoms with Crippen LogP contribution in [-0.2, 0) is 0 Å². The van der Waals surface area contributed by atoms with Gasteiger partial charge in [0.2, 0.25) is 0 Å². The van der Waals surface area contributed by atoms with Gasteiger partial charge in [-0.05, 0) is 36.3 Å². The van der Waals surface area contributed by atoms with Gasteiger partial charge >= 0.3 is 0 Å². The monoisotopic (exact) mass is 304 g/mol. The molecule has 0 bridgehead atoms. The predicted molar refractivity (Wildman–Crippen MR) is 73.2 cm³/mol. The van der Waals surface area contributed by atoms with Crippen LogP contribution in [0.15, 0.2) is 22.7 Å². The molecule has 1 rings (SSSR count). The molecule has 0 saturated carbocycles. The molecule has 0 heterocycles. The smallest absolute Gasteiger partial charge is 0.170 e. The second kappa shape index (κ2) is 6.15. The molecule has 1 aromatic rings. The highest BCUT2D eigenvalue weighted by Crippen LogP contribution is 2.19. The van der Waals surface area contributed by atoms with Crippen molar-refractivity contribution in [3.8, 4) is 0 Å². The van der Waals surface area contributed by atoms with E-state index in [1.165, 1.54) is 6.07 Å². The van der Waals surface area contributed by atoms with Gasteiger partial charge in [0.1, 0.15) is 5.82 Å². The van der Waals surface area contributed by atoms with Crippen molar-refractivity contribution in [3.63, 3.8) is 0 Å². The standard InChI is InChI=1S/C11H14BrFN2S/c1-7(2)6-14-11(16)15-10-5-8(12)3-4-9(10)13/h3-5,7H,6H2,1-2H3,(H2,14,15,16). The lowest BCUT2D eigenvalue weighted by molar-refractivity contribution is 0.624. The van der Waals surface area contributed by atoms with Crippen LogP contribution in [0.25, 0.3) is 0 Å². The Morgan fingerprint density at radius 1 is 1.50 bits per heavy atom. The molecular weight excluding hydrogens is 291 g/mol. The Bertz CT molecular complexity index is 382. The molecule has 2 nitrogen and oxygen atoms in total. The van der Waals surface area contributed by atoms with Crippen LogP contribution in [-0.4, -0.2) is 11.7 Å². The average molecular weight is 305 g/mol. The summed E-state index contributed by atoms with van der Waals surface area (Å²) in [6.45, 7) is 4.92. The highest BCUT2D eigenvalue weighted by Gasteiger charge is 2.04. The molecule has 0 unspecified atom stereocenters. The number of halogens is 2. The molecule has 88 valence electrons. The Hall–Kier alpha value is -0.680. The number of benzene rings is 1. The Kier molecular flexibility index (Phi) is 5.15. The van der Waals surface area contributed by atoms with E-state index in [2.05, 4.69) is 40.4 Å². The summed E-state index contributed by atoms with van der Waals surface area (Å²) < 4.78 is 14.2. The molecule has 0 saturated heterocycles. The highest BCUT2D eigenvalue weighted by atomic mass is 79.9. The van der Waals surface area contributed by atoms with Crippen LogP contribution in [0.1, 0.15) is 13.8 Å². The summed E-state index contributed by atoms with van der Waals surface area (Å²) in [5.74, 6) is 0.170. The number of nitrogens with one attached hydrogen (secondary N) is 2. The van der Waals surface area contributed by atoms with Crippen LogP contribution in [0, 0.1) is 11.7 Å². The van der Waals surface area contributed by atoms with Crippen molar-refractivity contribution < 1.29 is 4.39 Å². The molecule has 2 N–H and O–H groups in total. The molecule has 0 radical (unpaired) electrons. The minimum Gasteiger partial charge on any atom is -0.362 e. The van der Waals surface area contributed by atoms with E-state index >= 15 is 0 Å². The van der Waals surface area contributed by atoms with Gasteiger partial charge in [0, 0.05) is 11.0 Å². The Morgan fingerprint density at radius 2 is 2.19 bits per heavy atom. The van der Waals surface area contributed by atoms with Gasteiger partial charge < -0.3 is 10.6 Å². The van der Waals surface area contributed by atoms with Gasteiger partial charge in [-0.3, -0.25) is 0 Å². The van der Waals surface area contributed by atoms with E-state index in [-0.39, 0.29) is 5.82 Å². The molecule has 0 aliphatic carbocycles. The summed E-state index contributed by atoms with van der Waals surface area (Å²) in [6.07, 6.45) is 0. The van der Waals surface area contributed by atoms with E-state index in [4.69, 9.17) is 12.2 Å². The molecule has 0 fully saturated rings. The molecule has 0 aliphatic rings. The van der Waals surface area contributed by atoms with Crippen molar-refractivity contribution in [1.29, 1.82) is 0 Å². The summed E-state index contributed by atoms with van der Waals surface area (Å²) in [5.41, 5.74) is 0.371. The first-order chi connectivity index (χ1) is 7.49. The van der Waals surface area contributed by atoms with E-state index in [1.807, 2.05) is 0 Å². The first-order valence-corrected chi connectivity index (χ1v) is 6.19. The molecule has 0 aromatic heterocycles. The van der Waals surface area contributed by atoms with Gasteiger partial charge in [0.05, 0.1) is 5.69 Å². The van der Waals surface area contributed by atoms with Gasteiger partial charge in [-0.15, -0.1) is 0 Å². The van der Waals surface area contributed by atoms with Crippen LogP contribution < -0.4 is 10.6 Å². The molecule has 0 atom stereocenters. The Morgan fingerprint density at radius 3 is 2.81 bits per heavy atom. The maximum atomic E-state index is 13.4. The summed E-state index contributed by atoms with van der Waals surface area (Å²) in [4.78, 5) is 0. The number of thiocarbonyl (C=S) groups is 1. The van der Waals surface area contributed by atoms with E-state index < -0.39 is 0 Å². The predicted octanol–water partition coefficient (Wildman–Crippen LogP) is 3.53. The summed E-state index contributed by atoms with van der Waals surface area (Å²) in [6, 6.07) is 4.68. The van der Waals surface area contributed by atoms with Crippen LogP contribution >= 0.6 is 28.1 Å². The summed E-state index contributed by atoms with van der Waals surface area (Å²) >= 11 is 8.33. The lowest BCUT2D eigenvalue weighted by Gasteiger charge is -2.12. The number of rotatable bonds is 3. The van der Waals surface area contributed by atoms with E-state index in [0.717, 1.165) is 11.0 Å². The fourth-order valence-corrected chi connectivity index (χ4v) is 1.61. The summed E-state index contributed by atoms with van der Waals surface area (Å²) in [7, 11) is 0. The number of hydrogen-bond donors (Lipinski definition) is 2. The minimum atomic E-state index is -0.322. The van der Waals surface area contributed by atoms with Crippen molar-refractivity contribution in [1.82, 2.24) is 5.32 Å². The fraction of sp³-hybridized carbons (Fsp3) is 0.364. The van der Waals surface area contributed by atoms with Crippen molar-refractivity contribution >= 4 is 38.9 Å². The third-order valence-electron chi connectivity index (χ3n) is 1.85. The van der Waals surface area contributed by atoms with Crippen LogP contribution in [0.4, 0.5) is 10.1 Å². The fourth-order valence-electron chi connectivity index (χ4n) is 1.06. The minimum absolute atomic E-state index is 0.322. The van der Waals surface area contributed by atoms with Gasteiger partial charge in [-0.1, -0.05) is 29.8 Å². The lowest BCUT2D eigenvalue weighted by Crippen LogP contribution is -2.31. The molecular formula is C11H14BrFN2S. The number of anilines is 1. The first-order valence-electron chi connectivity index (χ1n) is 4.99. The van der Waals surface area contributed by atoms with Crippen LogP contribution in [0.3, 0.4) is 0 Å². The summed E-state index contributed by atoms with van der Waals surface area (Å²) in [5, 5.41) is 6.27. The maximum absolute atomic E-state index is 13.4. The SMILES string of the molecule is CC(C)CNC(=S)Nc1cc(Br)ccc1F. The number of hydrogen-bond acceptors (Lipinski definition) is 1. The first kappa shape index (κ1) is 13.4. The Labute approximate surface area is 109 Å². The molecule has 0 spiro atoms. The zero-order chi connectivity index (χ0) is 12.1. The van der Waals surface area contributed by atoms with Crippen LogP contribution in [0.2, 0.25) is 0 Å².